The minimum absolute atomic E-state index is 0.0213. The lowest BCUT2D eigenvalue weighted by Crippen LogP contribution is -2.19. The zero-order chi connectivity index (χ0) is 25.9. The number of halogens is 6. The molecule has 0 aliphatic carbocycles. The molecule has 0 N–H and O–H groups in total. The van der Waals surface area contributed by atoms with Crippen LogP contribution in [0.15, 0.2) is 66.7 Å². The molecule has 0 aliphatic rings. The number of ether oxygens (including phenoxy) is 1. The zero-order valence-electron chi connectivity index (χ0n) is 19.1. The molecule has 0 spiro atoms. The molecule has 7 heteroatoms. The number of fused-ring (bicyclic) bond motifs is 1. The van der Waals surface area contributed by atoms with E-state index in [0.29, 0.717) is 22.9 Å². The maximum absolute atomic E-state index is 15.1. The summed E-state index contributed by atoms with van der Waals surface area (Å²) in [4.78, 5) is 0. The maximum atomic E-state index is 15.1. The SMILES string of the molecule is CCCCc1ccc(-c2ccc3c(F)c(C#Cc4cc(F)c(OC(F)(F)F)c(F)c4)ccc3c2)cc1. The van der Waals surface area contributed by atoms with Crippen LogP contribution in [0.3, 0.4) is 0 Å². The van der Waals surface area contributed by atoms with Crippen LogP contribution in [-0.4, -0.2) is 6.36 Å². The van der Waals surface area contributed by atoms with Crippen LogP contribution in [-0.2, 0) is 6.42 Å². The molecule has 0 saturated carbocycles. The first-order valence-electron chi connectivity index (χ1n) is 11.2. The first-order chi connectivity index (χ1) is 17.1. The fourth-order valence-electron chi connectivity index (χ4n) is 3.80. The third kappa shape index (κ3) is 5.83. The van der Waals surface area contributed by atoms with Gasteiger partial charge in [-0.1, -0.05) is 67.6 Å². The molecule has 1 nitrogen and oxygen atoms in total. The van der Waals surface area contributed by atoms with Gasteiger partial charge in [-0.15, -0.1) is 13.2 Å². The van der Waals surface area contributed by atoms with E-state index in [9.17, 15) is 22.0 Å². The van der Waals surface area contributed by atoms with Crippen molar-refractivity contribution < 1.29 is 31.1 Å². The molecular formula is C29H20F6O. The van der Waals surface area contributed by atoms with Crippen molar-refractivity contribution in [3.8, 4) is 28.7 Å². The van der Waals surface area contributed by atoms with Gasteiger partial charge in [0.25, 0.3) is 0 Å². The molecule has 36 heavy (non-hydrogen) atoms. The van der Waals surface area contributed by atoms with Gasteiger partial charge in [0.1, 0.15) is 5.82 Å². The summed E-state index contributed by atoms with van der Waals surface area (Å²) in [5.74, 6) is -0.441. The normalized spacial score (nSPS) is 11.3. The Morgan fingerprint density at radius 3 is 2.08 bits per heavy atom. The van der Waals surface area contributed by atoms with Crippen LogP contribution in [0.25, 0.3) is 21.9 Å². The van der Waals surface area contributed by atoms with Crippen LogP contribution in [0.2, 0.25) is 0 Å². The highest BCUT2D eigenvalue weighted by molar-refractivity contribution is 5.89. The summed E-state index contributed by atoms with van der Waals surface area (Å²) in [5, 5.41) is 0.966. The van der Waals surface area contributed by atoms with Crippen molar-refractivity contribution in [1.29, 1.82) is 0 Å². The van der Waals surface area contributed by atoms with Crippen LogP contribution in [0.4, 0.5) is 26.3 Å². The van der Waals surface area contributed by atoms with Crippen molar-refractivity contribution in [2.45, 2.75) is 32.5 Å². The molecule has 0 fully saturated rings. The second kappa shape index (κ2) is 10.4. The van der Waals surface area contributed by atoms with E-state index in [1.54, 1.807) is 18.2 Å². The number of unbranched alkanes of at least 4 members (excludes halogenated alkanes) is 1. The Hall–Kier alpha value is -3.92. The summed E-state index contributed by atoms with van der Waals surface area (Å²) >= 11 is 0. The van der Waals surface area contributed by atoms with Crippen LogP contribution < -0.4 is 4.74 Å². The van der Waals surface area contributed by atoms with Gasteiger partial charge < -0.3 is 4.74 Å². The van der Waals surface area contributed by atoms with E-state index in [1.807, 2.05) is 18.2 Å². The Morgan fingerprint density at radius 1 is 0.778 bits per heavy atom. The summed E-state index contributed by atoms with van der Waals surface area (Å²) in [7, 11) is 0. The summed E-state index contributed by atoms with van der Waals surface area (Å²) in [6, 6.07) is 17.8. The van der Waals surface area contributed by atoms with Crippen LogP contribution >= 0.6 is 0 Å². The first-order valence-corrected chi connectivity index (χ1v) is 11.2. The Balaban J connectivity index is 1.60. The smallest absolute Gasteiger partial charge is 0.399 e. The number of rotatable bonds is 5. The lowest BCUT2D eigenvalue weighted by Gasteiger charge is -2.10. The molecule has 184 valence electrons. The van der Waals surface area contributed by atoms with E-state index in [-0.39, 0.29) is 11.1 Å². The van der Waals surface area contributed by atoms with Crippen LogP contribution in [0.1, 0.15) is 36.5 Å². The molecule has 0 amide bonds. The van der Waals surface area contributed by atoms with Crippen molar-refractivity contribution >= 4 is 10.8 Å². The molecule has 0 bridgehead atoms. The number of benzene rings is 4. The Kier molecular flexibility index (Phi) is 7.25. The van der Waals surface area contributed by atoms with E-state index in [4.69, 9.17) is 0 Å². The van der Waals surface area contributed by atoms with Crippen molar-refractivity contribution in [1.82, 2.24) is 0 Å². The molecule has 0 aliphatic heterocycles. The number of hydrogen-bond acceptors (Lipinski definition) is 1. The summed E-state index contributed by atoms with van der Waals surface area (Å²) < 4.78 is 83.1. The van der Waals surface area contributed by atoms with Gasteiger partial charge >= 0.3 is 6.36 Å². The monoisotopic (exact) mass is 498 g/mol. The van der Waals surface area contributed by atoms with E-state index >= 15 is 4.39 Å². The predicted molar refractivity (Wildman–Crippen MR) is 127 cm³/mol. The Morgan fingerprint density at radius 2 is 1.44 bits per heavy atom. The predicted octanol–water partition coefficient (Wildman–Crippen LogP) is 8.57. The third-order valence-corrected chi connectivity index (χ3v) is 5.62. The second-order valence-electron chi connectivity index (χ2n) is 8.23. The van der Waals surface area contributed by atoms with Crippen molar-refractivity contribution in [2.75, 3.05) is 0 Å². The fraction of sp³-hybridized carbons (Fsp3) is 0.172. The third-order valence-electron chi connectivity index (χ3n) is 5.62. The van der Waals surface area contributed by atoms with Crippen molar-refractivity contribution in [3.05, 3.63) is 101 Å². The number of alkyl halides is 3. The largest absolute Gasteiger partial charge is 0.573 e. The molecule has 0 aromatic heterocycles. The van der Waals surface area contributed by atoms with E-state index in [1.165, 1.54) is 11.6 Å². The summed E-state index contributed by atoms with van der Waals surface area (Å²) in [6.07, 6.45) is -1.97. The van der Waals surface area contributed by atoms with E-state index in [2.05, 4.69) is 35.6 Å². The Bertz CT molecular complexity index is 1440. The van der Waals surface area contributed by atoms with E-state index < -0.39 is 29.6 Å². The topological polar surface area (TPSA) is 9.23 Å². The number of hydrogen-bond donors (Lipinski definition) is 0. The minimum Gasteiger partial charge on any atom is -0.399 e. The quantitative estimate of drug-likeness (QED) is 0.198. The van der Waals surface area contributed by atoms with Gasteiger partial charge in [-0.2, -0.15) is 0 Å². The molecule has 0 atom stereocenters. The van der Waals surface area contributed by atoms with Crippen molar-refractivity contribution in [3.63, 3.8) is 0 Å². The molecule has 4 aromatic carbocycles. The van der Waals surface area contributed by atoms with Gasteiger partial charge in [-0.05, 0) is 59.2 Å². The first kappa shape index (κ1) is 25.2. The lowest BCUT2D eigenvalue weighted by atomic mass is 9.98. The standard InChI is InChI=1S/C29H20F6O/c1-2-3-4-18-5-8-20(9-6-18)22-13-14-24-23(17-22)12-11-21(27(24)32)10-7-19-15-25(30)28(26(31)16-19)36-29(33,34)35/h5-6,8-9,11-17H,2-4H2,1H3. The van der Waals surface area contributed by atoms with E-state index in [0.717, 1.165) is 30.4 Å². The average molecular weight is 498 g/mol. The van der Waals surface area contributed by atoms with Gasteiger partial charge in [0.2, 0.25) is 5.75 Å². The van der Waals surface area contributed by atoms with Gasteiger partial charge in [0, 0.05) is 10.9 Å². The van der Waals surface area contributed by atoms with Crippen LogP contribution in [0.5, 0.6) is 5.75 Å². The lowest BCUT2D eigenvalue weighted by molar-refractivity contribution is -0.276. The molecule has 0 radical (unpaired) electrons. The van der Waals surface area contributed by atoms with Gasteiger partial charge in [0.05, 0.1) is 5.56 Å². The highest BCUT2D eigenvalue weighted by atomic mass is 19.4. The molecule has 4 aromatic rings. The molecular weight excluding hydrogens is 478 g/mol. The average Bonchev–Trinajstić information content (AvgIpc) is 2.84. The second-order valence-corrected chi connectivity index (χ2v) is 8.23. The maximum Gasteiger partial charge on any atom is 0.573 e. The molecule has 4 rings (SSSR count). The number of aryl methyl sites for hydroxylation is 1. The minimum atomic E-state index is -5.25. The summed E-state index contributed by atoms with van der Waals surface area (Å²) in [5.41, 5.74) is 2.90. The Labute approximate surface area is 204 Å². The van der Waals surface area contributed by atoms with Crippen molar-refractivity contribution in [2.24, 2.45) is 0 Å². The zero-order valence-corrected chi connectivity index (χ0v) is 19.1. The fourth-order valence-corrected chi connectivity index (χ4v) is 3.80. The molecule has 0 unspecified atom stereocenters. The molecule has 0 saturated heterocycles. The van der Waals surface area contributed by atoms with Crippen LogP contribution in [0, 0.1) is 29.3 Å². The van der Waals surface area contributed by atoms with Gasteiger partial charge in [-0.25, -0.2) is 13.2 Å². The summed E-state index contributed by atoms with van der Waals surface area (Å²) in [6.45, 7) is 2.15. The van der Waals surface area contributed by atoms with Gasteiger partial charge in [-0.3, -0.25) is 0 Å². The van der Waals surface area contributed by atoms with Gasteiger partial charge in [0.15, 0.2) is 11.6 Å². The highest BCUT2D eigenvalue weighted by Crippen LogP contribution is 2.30. The highest BCUT2D eigenvalue weighted by Gasteiger charge is 2.34. The molecule has 0 heterocycles.